The van der Waals surface area contributed by atoms with Gasteiger partial charge in [0.05, 0.1) is 6.04 Å². The number of piperidine rings is 1. The summed E-state index contributed by atoms with van der Waals surface area (Å²) in [6, 6.07) is 9.81. The molecule has 0 aliphatic carbocycles. The molecular formula is C17H24N2O3. The highest BCUT2D eigenvalue weighted by atomic mass is 16.6. The lowest BCUT2D eigenvalue weighted by atomic mass is 10.0. The molecule has 2 amide bonds. The van der Waals surface area contributed by atoms with Crippen LogP contribution in [0, 0.1) is 0 Å². The van der Waals surface area contributed by atoms with E-state index in [0.29, 0.717) is 25.9 Å². The highest BCUT2D eigenvalue weighted by Crippen LogP contribution is 2.16. The normalized spacial score (nSPS) is 19.0. The Morgan fingerprint density at radius 3 is 2.64 bits per heavy atom. The summed E-state index contributed by atoms with van der Waals surface area (Å²) in [5, 5.41) is 2.86. The van der Waals surface area contributed by atoms with Gasteiger partial charge in [-0.2, -0.15) is 0 Å². The van der Waals surface area contributed by atoms with Crippen LogP contribution in [0.4, 0.5) is 4.79 Å². The zero-order chi connectivity index (χ0) is 16.2. The van der Waals surface area contributed by atoms with E-state index >= 15 is 0 Å². The summed E-state index contributed by atoms with van der Waals surface area (Å²) >= 11 is 0. The van der Waals surface area contributed by atoms with E-state index in [4.69, 9.17) is 4.74 Å². The van der Waals surface area contributed by atoms with Crippen LogP contribution in [0.1, 0.15) is 39.2 Å². The van der Waals surface area contributed by atoms with E-state index in [-0.39, 0.29) is 11.9 Å². The van der Waals surface area contributed by atoms with Crippen LogP contribution in [0.3, 0.4) is 0 Å². The summed E-state index contributed by atoms with van der Waals surface area (Å²) in [6.07, 6.45) is 0.683. The molecule has 1 aromatic rings. The standard InChI is InChI=1S/C17H24N2O3/c1-17(2,3)22-16(21)18-14-9-10-15(20)19(12-14)11-13-7-5-4-6-8-13/h4-8,14H,9-12H2,1-3H3,(H,18,21)/t14-/m1/s1. The fraction of sp³-hybridized carbons (Fsp3) is 0.529. The molecule has 2 rings (SSSR count). The Balaban J connectivity index is 1.90. The maximum Gasteiger partial charge on any atom is 0.407 e. The molecule has 1 aromatic carbocycles. The van der Waals surface area contributed by atoms with Crippen molar-refractivity contribution in [3.05, 3.63) is 35.9 Å². The molecule has 1 saturated heterocycles. The van der Waals surface area contributed by atoms with Crippen molar-refractivity contribution in [2.75, 3.05) is 6.54 Å². The number of hydrogen-bond acceptors (Lipinski definition) is 3. The van der Waals surface area contributed by atoms with E-state index in [2.05, 4.69) is 5.32 Å². The molecular weight excluding hydrogens is 280 g/mol. The van der Waals surface area contributed by atoms with Crippen molar-refractivity contribution in [3.63, 3.8) is 0 Å². The second-order valence-corrected chi connectivity index (χ2v) is 6.64. The van der Waals surface area contributed by atoms with Gasteiger partial charge in [0.25, 0.3) is 0 Å². The van der Waals surface area contributed by atoms with Crippen LogP contribution in [-0.2, 0) is 16.1 Å². The predicted octanol–water partition coefficient (Wildman–Crippen LogP) is 2.70. The monoisotopic (exact) mass is 304 g/mol. The van der Waals surface area contributed by atoms with Crippen LogP contribution < -0.4 is 5.32 Å². The second-order valence-electron chi connectivity index (χ2n) is 6.64. The van der Waals surface area contributed by atoms with E-state index in [9.17, 15) is 9.59 Å². The molecule has 1 N–H and O–H groups in total. The first kappa shape index (κ1) is 16.3. The molecule has 0 radical (unpaired) electrons. The summed E-state index contributed by atoms with van der Waals surface area (Å²) in [6.45, 7) is 6.59. The third kappa shape index (κ3) is 5.06. The van der Waals surface area contributed by atoms with Gasteiger partial charge in [0, 0.05) is 19.5 Å². The number of likely N-dealkylation sites (tertiary alicyclic amines) is 1. The number of alkyl carbamates (subject to hydrolysis) is 1. The van der Waals surface area contributed by atoms with E-state index in [1.165, 1.54) is 0 Å². The van der Waals surface area contributed by atoms with Crippen molar-refractivity contribution in [1.82, 2.24) is 10.2 Å². The molecule has 0 unspecified atom stereocenters. The van der Waals surface area contributed by atoms with Gasteiger partial charge < -0.3 is 15.0 Å². The van der Waals surface area contributed by atoms with E-state index in [0.717, 1.165) is 5.56 Å². The number of carbonyl (C=O) groups excluding carboxylic acids is 2. The summed E-state index contributed by atoms with van der Waals surface area (Å²) in [7, 11) is 0. The lowest BCUT2D eigenvalue weighted by Crippen LogP contribution is -2.50. The largest absolute Gasteiger partial charge is 0.444 e. The van der Waals surface area contributed by atoms with Crippen molar-refractivity contribution >= 4 is 12.0 Å². The highest BCUT2D eigenvalue weighted by molar-refractivity contribution is 5.77. The molecule has 1 aliphatic rings. The lowest BCUT2D eigenvalue weighted by Gasteiger charge is -2.33. The van der Waals surface area contributed by atoms with Crippen LogP contribution in [0.25, 0.3) is 0 Å². The van der Waals surface area contributed by atoms with Crippen LogP contribution in [0.2, 0.25) is 0 Å². The molecule has 1 heterocycles. The SMILES string of the molecule is CC(C)(C)OC(=O)N[C@@H]1CCC(=O)N(Cc2ccccc2)C1. The average Bonchev–Trinajstić information content (AvgIpc) is 2.41. The van der Waals surface area contributed by atoms with Crippen LogP contribution in [0.15, 0.2) is 30.3 Å². The maximum atomic E-state index is 12.0. The highest BCUT2D eigenvalue weighted by Gasteiger charge is 2.28. The number of benzene rings is 1. The topological polar surface area (TPSA) is 58.6 Å². The molecule has 5 nitrogen and oxygen atoms in total. The molecule has 5 heteroatoms. The fourth-order valence-corrected chi connectivity index (χ4v) is 2.46. The van der Waals surface area contributed by atoms with Gasteiger partial charge in [-0.05, 0) is 32.8 Å². The summed E-state index contributed by atoms with van der Waals surface area (Å²) in [5.74, 6) is 0.131. The van der Waals surface area contributed by atoms with Gasteiger partial charge in [-0.3, -0.25) is 4.79 Å². The Bertz CT molecular complexity index is 522. The minimum absolute atomic E-state index is 0.0590. The van der Waals surface area contributed by atoms with E-state index in [1.807, 2.05) is 51.1 Å². The lowest BCUT2D eigenvalue weighted by molar-refractivity contribution is -0.134. The van der Waals surface area contributed by atoms with Gasteiger partial charge in [0.2, 0.25) is 5.91 Å². The molecule has 0 saturated carbocycles. The van der Waals surface area contributed by atoms with Crippen molar-refractivity contribution in [2.24, 2.45) is 0 Å². The average molecular weight is 304 g/mol. The van der Waals surface area contributed by atoms with Crippen molar-refractivity contribution in [1.29, 1.82) is 0 Å². The Hall–Kier alpha value is -2.04. The van der Waals surface area contributed by atoms with E-state index < -0.39 is 11.7 Å². The first-order valence-corrected chi connectivity index (χ1v) is 7.65. The first-order chi connectivity index (χ1) is 10.3. The molecule has 1 aliphatic heterocycles. The Kier molecular flexibility index (Phi) is 5.06. The van der Waals surface area contributed by atoms with Crippen molar-refractivity contribution in [3.8, 4) is 0 Å². The smallest absolute Gasteiger partial charge is 0.407 e. The first-order valence-electron chi connectivity index (χ1n) is 7.65. The number of amides is 2. The summed E-state index contributed by atoms with van der Waals surface area (Å²) < 4.78 is 5.27. The predicted molar refractivity (Wildman–Crippen MR) is 84.3 cm³/mol. The van der Waals surface area contributed by atoms with Crippen molar-refractivity contribution in [2.45, 2.75) is 51.8 Å². The van der Waals surface area contributed by atoms with Crippen LogP contribution in [-0.4, -0.2) is 35.1 Å². The molecule has 22 heavy (non-hydrogen) atoms. The summed E-state index contributed by atoms with van der Waals surface area (Å²) in [5.41, 5.74) is 0.576. The van der Waals surface area contributed by atoms with Gasteiger partial charge in [-0.1, -0.05) is 30.3 Å². The molecule has 1 atom stereocenters. The molecule has 0 aromatic heterocycles. The number of ether oxygens (including phenoxy) is 1. The quantitative estimate of drug-likeness (QED) is 0.934. The maximum absolute atomic E-state index is 12.0. The molecule has 0 bridgehead atoms. The minimum atomic E-state index is -0.516. The van der Waals surface area contributed by atoms with Crippen LogP contribution in [0.5, 0.6) is 0 Å². The molecule has 1 fully saturated rings. The van der Waals surface area contributed by atoms with Crippen LogP contribution >= 0.6 is 0 Å². The Morgan fingerprint density at radius 2 is 2.00 bits per heavy atom. The Morgan fingerprint density at radius 1 is 1.32 bits per heavy atom. The molecule has 0 spiro atoms. The van der Waals surface area contributed by atoms with Gasteiger partial charge in [-0.15, -0.1) is 0 Å². The summed E-state index contributed by atoms with van der Waals surface area (Å²) in [4.78, 5) is 25.7. The number of carbonyl (C=O) groups is 2. The number of nitrogens with one attached hydrogen (secondary N) is 1. The van der Waals surface area contributed by atoms with Gasteiger partial charge in [0.1, 0.15) is 5.60 Å². The third-order valence-electron chi connectivity index (χ3n) is 3.44. The second kappa shape index (κ2) is 6.81. The Labute approximate surface area is 131 Å². The third-order valence-corrected chi connectivity index (χ3v) is 3.44. The van der Waals surface area contributed by atoms with Gasteiger partial charge >= 0.3 is 6.09 Å². The fourth-order valence-electron chi connectivity index (χ4n) is 2.46. The minimum Gasteiger partial charge on any atom is -0.444 e. The van der Waals surface area contributed by atoms with Gasteiger partial charge in [0.15, 0.2) is 0 Å². The number of rotatable bonds is 3. The zero-order valence-electron chi connectivity index (χ0n) is 13.5. The zero-order valence-corrected chi connectivity index (χ0v) is 13.5. The molecule has 120 valence electrons. The number of hydrogen-bond donors (Lipinski definition) is 1. The number of nitrogens with zero attached hydrogens (tertiary/aromatic N) is 1. The van der Waals surface area contributed by atoms with E-state index in [1.54, 1.807) is 4.90 Å². The van der Waals surface area contributed by atoms with Gasteiger partial charge in [-0.25, -0.2) is 4.79 Å². The van der Waals surface area contributed by atoms with Crippen molar-refractivity contribution < 1.29 is 14.3 Å².